The number of carbonyl (C=O) groups is 1. The first kappa shape index (κ1) is 18.2. The lowest BCUT2D eigenvalue weighted by Crippen LogP contribution is -2.28. The number of piperidine rings is 1. The van der Waals surface area contributed by atoms with Crippen LogP contribution in [0.4, 0.5) is 16.4 Å². The summed E-state index contributed by atoms with van der Waals surface area (Å²) in [5, 5.41) is 11.9. The number of aromatic nitrogens is 2. The molecule has 1 saturated carbocycles. The number of carbonyl (C=O) groups excluding carboxylic acids is 1. The fourth-order valence-corrected chi connectivity index (χ4v) is 4.12. The third-order valence-corrected chi connectivity index (χ3v) is 5.90. The number of anilines is 2. The highest BCUT2D eigenvalue weighted by molar-refractivity contribution is 7.10. The molecule has 8 heteroatoms. The second kappa shape index (κ2) is 8.67. The van der Waals surface area contributed by atoms with E-state index >= 15 is 0 Å². The molecule has 144 valence electrons. The van der Waals surface area contributed by atoms with Crippen LogP contribution in [0.1, 0.15) is 43.0 Å². The van der Waals surface area contributed by atoms with Crippen LogP contribution in [0.3, 0.4) is 0 Å². The van der Waals surface area contributed by atoms with Crippen molar-refractivity contribution in [1.82, 2.24) is 15.3 Å². The van der Waals surface area contributed by atoms with Crippen molar-refractivity contribution in [2.45, 2.75) is 38.0 Å². The van der Waals surface area contributed by atoms with Crippen molar-refractivity contribution >= 4 is 29.0 Å². The van der Waals surface area contributed by atoms with Gasteiger partial charge in [-0.15, -0.1) is 11.3 Å². The Bertz CT molecular complexity index is 771. The van der Waals surface area contributed by atoms with Crippen molar-refractivity contribution in [3.8, 4) is 5.88 Å². The number of thiazole rings is 1. The predicted octanol–water partition coefficient (Wildman–Crippen LogP) is 3.83. The van der Waals surface area contributed by atoms with Crippen molar-refractivity contribution < 1.29 is 9.53 Å². The van der Waals surface area contributed by atoms with Crippen LogP contribution in [0.15, 0.2) is 23.6 Å². The van der Waals surface area contributed by atoms with Crippen LogP contribution in [0, 0.1) is 5.92 Å². The van der Waals surface area contributed by atoms with Crippen LogP contribution in [-0.2, 0) is 0 Å². The van der Waals surface area contributed by atoms with Gasteiger partial charge in [0.2, 0.25) is 5.88 Å². The molecule has 1 saturated heterocycles. The number of nitrogens with zero attached hydrogens (tertiary/aromatic N) is 2. The first-order valence-electron chi connectivity index (χ1n) is 9.60. The fourth-order valence-electron chi connectivity index (χ4n) is 3.19. The van der Waals surface area contributed by atoms with E-state index in [1.54, 1.807) is 17.4 Å². The van der Waals surface area contributed by atoms with Crippen molar-refractivity contribution in [1.29, 1.82) is 0 Å². The fraction of sp³-hybridized carbons (Fsp3) is 0.526. The highest BCUT2D eigenvalue weighted by atomic mass is 32.1. The zero-order valence-electron chi connectivity index (χ0n) is 15.2. The lowest BCUT2D eigenvalue weighted by Gasteiger charge is -2.22. The average molecular weight is 388 g/mol. The van der Waals surface area contributed by atoms with Gasteiger partial charge in [-0.05, 0) is 57.2 Å². The first-order chi connectivity index (χ1) is 13.3. The Balaban J connectivity index is 1.24. The monoisotopic (exact) mass is 387 g/mol. The molecule has 0 bridgehead atoms. The Morgan fingerprint density at radius 3 is 2.78 bits per heavy atom. The lowest BCUT2D eigenvalue weighted by molar-refractivity contribution is 0.245. The molecule has 0 spiro atoms. The first-order valence-corrected chi connectivity index (χ1v) is 10.5. The van der Waals surface area contributed by atoms with Gasteiger partial charge in [-0.1, -0.05) is 6.07 Å². The Morgan fingerprint density at radius 2 is 1.96 bits per heavy atom. The summed E-state index contributed by atoms with van der Waals surface area (Å²) in [6, 6.07) is 5.04. The summed E-state index contributed by atoms with van der Waals surface area (Å²) in [7, 11) is 0. The summed E-state index contributed by atoms with van der Waals surface area (Å²) >= 11 is 1.60. The number of rotatable bonds is 7. The van der Waals surface area contributed by atoms with E-state index in [2.05, 4.69) is 25.9 Å². The molecule has 1 aliphatic carbocycles. The highest BCUT2D eigenvalue weighted by Crippen LogP contribution is 2.41. The van der Waals surface area contributed by atoms with Gasteiger partial charge in [0, 0.05) is 17.4 Å². The van der Waals surface area contributed by atoms with E-state index in [4.69, 9.17) is 4.74 Å². The second-order valence-corrected chi connectivity index (χ2v) is 8.01. The van der Waals surface area contributed by atoms with E-state index in [0.29, 0.717) is 30.0 Å². The molecule has 1 aliphatic heterocycles. The molecule has 0 aromatic carbocycles. The Morgan fingerprint density at radius 1 is 1.15 bits per heavy atom. The van der Waals surface area contributed by atoms with Gasteiger partial charge >= 0.3 is 6.03 Å². The molecule has 2 aliphatic rings. The maximum atomic E-state index is 12.2. The van der Waals surface area contributed by atoms with Gasteiger partial charge in [0.05, 0.1) is 11.6 Å². The standard InChI is InChI=1S/C19H25N5O2S/c25-19(24-16-12-27-18(22-16)14-4-5-14)23-15-2-1-3-17(21-15)26-11-8-13-6-9-20-10-7-13/h1-3,12-14,20H,4-11H2,(H2,21,23,24,25). The van der Waals surface area contributed by atoms with E-state index in [-0.39, 0.29) is 6.03 Å². The summed E-state index contributed by atoms with van der Waals surface area (Å²) < 4.78 is 5.77. The van der Waals surface area contributed by atoms with Gasteiger partial charge in [-0.3, -0.25) is 10.6 Å². The second-order valence-electron chi connectivity index (χ2n) is 7.12. The number of ether oxygens (including phenoxy) is 1. The molecule has 2 aromatic rings. The SMILES string of the molecule is O=C(Nc1cccc(OCCC2CCNCC2)n1)Nc1csc(C2CC2)n1. The van der Waals surface area contributed by atoms with Crippen molar-refractivity contribution in [2.24, 2.45) is 5.92 Å². The third kappa shape index (κ3) is 5.40. The van der Waals surface area contributed by atoms with Crippen LogP contribution in [0.25, 0.3) is 0 Å². The molecule has 3 heterocycles. The zero-order valence-corrected chi connectivity index (χ0v) is 16.1. The Labute approximate surface area is 162 Å². The van der Waals surface area contributed by atoms with E-state index in [1.807, 2.05) is 17.5 Å². The number of urea groups is 1. The minimum Gasteiger partial charge on any atom is -0.478 e. The molecular weight excluding hydrogens is 362 g/mol. The quantitative estimate of drug-likeness (QED) is 0.672. The van der Waals surface area contributed by atoms with Crippen LogP contribution in [0.5, 0.6) is 5.88 Å². The number of hydrogen-bond donors (Lipinski definition) is 3. The molecule has 2 aromatic heterocycles. The van der Waals surface area contributed by atoms with Crippen LogP contribution >= 0.6 is 11.3 Å². The predicted molar refractivity (Wildman–Crippen MR) is 107 cm³/mol. The highest BCUT2D eigenvalue weighted by Gasteiger charge is 2.26. The average Bonchev–Trinajstić information content (AvgIpc) is 3.43. The molecule has 2 amide bonds. The zero-order chi connectivity index (χ0) is 18.5. The van der Waals surface area contributed by atoms with Gasteiger partial charge in [0.25, 0.3) is 0 Å². The molecule has 3 N–H and O–H groups in total. The van der Waals surface area contributed by atoms with Gasteiger partial charge in [0.15, 0.2) is 0 Å². The van der Waals surface area contributed by atoms with Crippen molar-refractivity contribution in [2.75, 3.05) is 30.3 Å². The van der Waals surface area contributed by atoms with Crippen LogP contribution in [-0.4, -0.2) is 35.7 Å². The molecule has 27 heavy (non-hydrogen) atoms. The maximum Gasteiger partial charge on any atom is 0.326 e. The van der Waals surface area contributed by atoms with E-state index in [1.165, 1.54) is 25.7 Å². The van der Waals surface area contributed by atoms with E-state index in [9.17, 15) is 4.79 Å². The molecule has 4 rings (SSSR count). The molecule has 7 nitrogen and oxygen atoms in total. The van der Waals surface area contributed by atoms with Gasteiger partial charge < -0.3 is 10.1 Å². The summed E-state index contributed by atoms with van der Waals surface area (Å²) in [4.78, 5) is 21.0. The van der Waals surface area contributed by atoms with Crippen LogP contribution in [0.2, 0.25) is 0 Å². The van der Waals surface area contributed by atoms with Crippen LogP contribution < -0.4 is 20.7 Å². The van der Waals surface area contributed by atoms with Crippen molar-refractivity contribution in [3.63, 3.8) is 0 Å². The Hall–Kier alpha value is -2.19. The minimum absolute atomic E-state index is 0.345. The Kier molecular flexibility index (Phi) is 5.84. The molecular formula is C19H25N5O2S. The normalized spacial score (nSPS) is 17.5. The molecule has 2 fully saturated rings. The summed E-state index contributed by atoms with van der Waals surface area (Å²) in [5.74, 6) is 2.90. The smallest absolute Gasteiger partial charge is 0.326 e. The number of amides is 2. The molecule has 0 radical (unpaired) electrons. The summed E-state index contributed by atoms with van der Waals surface area (Å²) in [6.45, 7) is 2.84. The van der Waals surface area contributed by atoms with Crippen molar-refractivity contribution in [3.05, 3.63) is 28.6 Å². The van der Waals surface area contributed by atoms with E-state index < -0.39 is 0 Å². The molecule has 0 unspecified atom stereocenters. The largest absolute Gasteiger partial charge is 0.478 e. The minimum atomic E-state index is -0.345. The summed E-state index contributed by atoms with van der Waals surface area (Å²) in [6.07, 6.45) is 5.85. The third-order valence-electron chi connectivity index (χ3n) is 4.89. The number of pyridine rings is 1. The molecule has 0 atom stereocenters. The number of nitrogens with one attached hydrogen (secondary N) is 3. The lowest BCUT2D eigenvalue weighted by atomic mass is 9.95. The van der Waals surface area contributed by atoms with E-state index in [0.717, 1.165) is 30.4 Å². The topological polar surface area (TPSA) is 88.2 Å². The number of hydrogen-bond acceptors (Lipinski definition) is 6. The summed E-state index contributed by atoms with van der Waals surface area (Å²) in [5.41, 5.74) is 0. The van der Waals surface area contributed by atoms with Gasteiger partial charge in [-0.25, -0.2) is 9.78 Å². The van der Waals surface area contributed by atoms with Gasteiger partial charge in [-0.2, -0.15) is 4.98 Å². The van der Waals surface area contributed by atoms with Gasteiger partial charge in [0.1, 0.15) is 11.6 Å². The maximum absolute atomic E-state index is 12.2.